The second-order valence-electron chi connectivity index (χ2n) is 2.33. The molecule has 0 atom stereocenters. The van der Waals surface area contributed by atoms with E-state index < -0.39 is 0 Å². The Balaban J connectivity index is 2.66. The molecule has 0 saturated heterocycles. The Morgan fingerprint density at radius 3 is 3.10 bits per heavy atom. The quantitative estimate of drug-likeness (QED) is 0.532. The smallest absolute Gasteiger partial charge is 0.0447 e. The van der Waals surface area contributed by atoms with Crippen molar-refractivity contribution in [2.24, 2.45) is 0 Å². The molecule has 0 bridgehead atoms. The molecule has 1 heteroatoms. The molecule has 1 aromatic carbocycles. The van der Waals surface area contributed by atoms with Crippen LogP contribution in [0.15, 0.2) is 18.2 Å². The highest BCUT2D eigenvalue weighted by Gasteiger charge is 2.06. The summed E-state index contributed by atoms with van der Waals surface area (Å²) >= 11 is 5.91. The Hall–Kier alpha value is -0.750. The van der Waals surface area contributed by atoms with Gasteiger partial charge in [-0.05, 0) is 29.7 Å². The van der Waals surface area contributed by atoms with Crippen molar-refractivity contribution in [1.29, 1.82) is 0 Å². The highest BCUT2D eigenvalue weighted by atomic mass is 35.5. The van der Waals surface area contributed by atoms with Gasteiger partial charge in [-0.25, -0.2) is 0 Å². The average Bonchev–Trinajstić information content (AvgIpc) is 2.36. The summed E-state index contributed by atoms with van der Waals surface area (Å²) < 4.78 is 0. The van der Waals surface area contributed by atoms with Crippen LogP contribution in [0.4, 0.5) is 0 Å². The van der Waals surface area contributed by atoms with Crippen molar-refractivity contribution in [3.05, 3.63) is 40.4 Å². The standard InChI is InChI=1S/C9H6Cl/c10-9-6-2-4-7-3-1-5-8(7)9/h2-4,6H,5H2. The molecule has 1 aromatic rings. The van der Waals surface area contributed by atoms with E-state index in [2.05, 4.69) is 12.1 Å². The molecule has 0 aliphatic heterocycles. The molecule has 1 aliphatic rings. The molecule has 0 spiro atoms. The van der Waals surface area contributed by atoms with Crippen LogP contribution in [0, 0.1) is 6.08 Å². The van der Waals surface area contributed by atoms with Crippen LogP contribution < -0.4 is 0 Å². The fourth-order valence-corrected chi connectivity index (χ4v) is 1.41. The minimum absolute atomic E-state index is 0.860. The van der Waals surface area contributed by atoms with Gasteiger partial charge in [-0.2, -0.15) is 0 Å². The topological polar surface area (TPSA) is 0 Å². The SMILES string of the molecule is Clc1cccc2c1C[C]=C2. The summed E-state index contributed by atoms with van der Waals surface area (Å²) in [5, 5.41) is 0.860. The molecular weight excluding hydrogens is 144 g/mol. The second kappa shape index (κ2) is 2.14. The molecule has 1 aliphatic carbocycles. The van der Waals surface area contributed by atoms with E-state index >= 15 is 0 Å². The van der Waals surface area contributed by atoms with Gasteiger partial charge in [-0.15, -0.1) is 0 Å². The summed E-state index contributed by atoms with van der Waals surface area (Å²) in [6.45, 7) is 0. The lowest BCUT2D eigenvalue weighted by Gasteiger charge is -1.98. The predicted octanol–water partition coefficient (Wildman–Crippen LogP) is 2.71. The number of halogens is 1. The maximum absolute atomic E-state index is 5.91. The lowest BCUT2D eigenvalue weighted by molar-refractivity contribution is 1.28. The van der Waals surface area contributed by atoms with Crippen LogP contribution in [0.5, 0.6) is 0 Å². The number of benzene rings is 1. The van der Waals surface area contributed by atoms with Crippen molar-refractivity contribution in [2.75, 3.05) is 0 Å². The van der Waals surface area contributed by atoms with Crippen LogP contribution in [-0.2, 0) is 6.42 Å². The van der Waals surface area contributed by atoms with Crippen molar-refractivity contribution in [1.82, 2.24) is 0 Å². The van der Waals surface area contributed by atoms with E-state index in [4.69, 9.17) is 11.6 Å². The first-order valence-electron chi connectivity index (χ1n) is 3.22. The molecular formula is C9H6Cl. The lowest BCUT2D eigenvalue weighted by atomic mass is 10.1. The lowest BCUT2D eigenvalue weighted by Crippen LogP contribution is -1.81. The van der Waals surface area contributed by atoms with E-state index in [0.29, 0.717) is 0 Å². The van der Waals surface area contributed by atoms with Gasteiger partial charge in [0.05, 0.1) is 0 Å². The molecule has 0 amide bonds. The summed E-state index contributed by atoms with van der Waals surface area (Å²) in [7, 11) is 0. The predicted molar refractivity (Wildman–Crippen MR) is 42.9 cm³/mol. The van der Waals surface area contributed by atoms with Gasteiger partial charge in [0.25, 0.3) is 0 Å². The molecule has 0 N–H and O–H groups in total. The molecule has 1 radical (unpaired) electrons. The zero-order valence-electron chi connectivity index (χ0n) is 5.39. The van der Waals surface area contributed by atoms with Gasteiger partial charge in [-0.3, -0.25) is 0 Å². The average molecular weight is 150 g/mol. The maximum atomic E-state index is 5.91. The first kappa shape index (κ1) is 5.99. The van der Waals surface area contributed by atoms with Crippen molar-refractivity contribution in [3.8, 4) is 0 Å². The van der Waals surface area contributed by atoms with Gasteiger partial charge in [0.1, 0.15) is 0 Å². The molecule has 0 nitrogen and oxygen atoms in total. The summed E-state index contributed by atoms with van der Waals surface area (Å²) in [5.74, 6) is 0. The van der Waals surface area contributed by atoms with Gasteiger partial charge in [0.15, 0.2) is 0 Å². The van der Waals surface area contributed by atoms with Crippen molar-refractivity contribution in [3.63, 3.8) is 0 Å². The molecule has 0 unspecified atom stereocenters. The van der Waals surface area contributed by atoms with Crippen LogP contribution in [0.25, 0.3) is 6.08 Å². The van der Waals surface area contributed by atoms with Crippen LogP contribution >= 0.6 is 11.6 Å². The molecule has 10 heavy (non-hydrogen) atoms. The number of hydrogen-bond acceptors (Lipinski definition) is 0. The Morgan fingerprint density at radius 2 is 2.30 bits per heavy atom. The molecule has 2 rings (SSSR count). The summed E-state index contributed by atoms with van der Waals surface area (Å²) in [6, 6.07) is 5.94. The van der Waals surface area contributed by atoms with E-state index in [1.54, 1.807) is 0 Å². The van der Waals surface area contributed by atoms with E-state index in [1.165, 1.54) is 11.1 Å². The minimum Gasteiger partial charge on any atom is -0.0840 e. The number of allylic oxidation sites excluding steroid dienone is 1. The molecule has 0 saturated carbocycles. The maximum Gasteiger partial charge on any atom is 0.0447 e. The molecule has 0 heterocycles. The first-order chi connectivity index (χ1) is 4.88. The van der Waals surface area contributed by atoms with E-state index in [1.807, 2.05) is 18.2 Å². The second-order valence-corrected chi connectivity index (χ2v) is 2.74. The number of hydrogen-bond donors (Lipinski definition) is 0. The largest absolute Gasteiger partial charge is 0.0840 e. The zero-order valence-corrected chi connectivity index (χ0v) is 6.15. The monoisotopic (exact) mass is 149 g/mol. The zero-order chi connectivity index (χ0) is 6.97. The Bertz CT molecular complexity index is 287. The van der Waals surface area contributed by atoms with Gasteiger partial charge in [-0.1, -0.05) is 29.8 Å². The van der Waals surface area contributed by atoms with Crippen LogP contribution in [0.1, 0.15) is 11.1 Å². The van der Waals surface area contributed by atoms with E-state index in [-0.39, 0.29) is 0 Å². The minimum atomic E-state index is 0.860. The van der Waals surface area contributed by atoms with Crippen molar-refractivity contribution in [2.45, 2.75) is 6.42 Å². The summed E-state index contributed by atoms with van der Waals surface area (Å²) in [5.41, 5.74) is 2.43. The Labute approximate surface area is 65.1 Å². The van der Waals surface area contributed by atoms with Gasteiger partial charge >= 0.3 is 0 Å². The first-order valence-corrected chi connectivity index (χ1v) is 3.60. The van der Waals surface area contributed by atoms with Gasteiger partial charge in [0.2, 0.25) is 0 Å². The molecule has 0 aromatic heterocycles. The summed E-state index contributed by atoms with van der Waals surface area (Å²) in [6.07, 6.45) is 5.98. The molecule has 49 valence electrons. The third-order valence-corrected chi connectivity index (χ3v) is 2.05. The highest BCUT2D eigenvalue weighted by molar-refractivity contribution is 6.31. The van der Waals surface area contributed by atoms with E-state index in [0.717, 1.165) is 11.4 Å². The van der Waals surface area contributed by atoms with Gasteiger partial charge < -0.3 is 0 Å². The van der Waals surface area contributed by atoms with Crippen LogP contribution in [-0.4, -0.2) is 0 Å². The van der Waals surface area contributed by atoms with E-state index in [9.17, 15) is 0 Å². The Morgan fingerprint density at radius 1 is 1.40 bits per heavy atom. The van der Waals surface area contributed by atoms with Crippen LogP contribution in [0.3, 0.4) is 0 Å². The van der Waals surface area contributed by atoms with Crippen LogP contribution in [0.2, 0.25) is 5.02 Å². The normalized spacial score (nSPS) is 13.7. The number of rotatable bonds is 0. The fraction of sp³-hybridized carbons (Fsp3) is 0.111. The number of fused-ring (bicyclic) bond motifs is 1. The molecule has 0 fully saturated rings. The Kier molecular flexibility index (Phi) is 1.28. The fourth-order valence-electron chi connectivity index (χ4n) is 1.16. The third kappa shape index (κ3) is 0.764. The third-order valence-electron chi connectivity index (χ3n) is 1.69. The highest BCUT2D eigenvalue weighted by Crippen LogP contribution is 2.25. The van der Waals surface area contributed by atoms with Crippen molar-refractivity contribution < 1.29 is 0 Å². The summed E-state index contributed by atoms with van der Waals surface area (Å²) in [4.78, 5) is 0. The van der Waals surface area contributed by atoms with Gasteiger partial charge in [0, 0.05) is 5.02 Å². The van der Waals surface area contributed by atoms with Crippen molar-refractivity contribution >= 4 is 17.7 Å².